The summed E-state index contributed by atoms with van der Waals surface area (Å²) >= 11 is 0. The van der Waals surface area contributed by atoms with Crippen LogP contribution >= 0.6 is 0 Å². The molecule has 150 valence electrons. The minimum atomic E-state index is -1.25. The van der Waals surface area contributed by atoms with E-state index in [4.69, 9.17) is 9.47 Å². The maximum absolute atomic E-state index is 13.1. The molecule has 2 atom stereocenters. The molecule has 28 heavy (non-hydrogen) atoms. The first kappa shape index (κ1) is 18.6. The number of benzene rings is 1. The van der Waals surface area contributed by atoms with Crippen LogP contribution in [-0.4, -0.2) is 60.0 Å². The van der Waals surface area contributed by atoms with Gasteiger partial charge in [-0.3, -0.25) is 14.5 Å². The molecule has 1 N–H and O–H groups in total. The summed E-state index contributed by atoms with van der Waals surface area (Å²) in [6, 6.07) is 4.76. The molecule has 0 spiro atoms. The number of hydrogen-bond donors (Lipinski definition) is 1. The quantitative estimate of drug-likeness (QED) is 0.797. The Labute approximate surface area is 163 Å². The molecule has 4 amide bonds. The molecule has 2 saturated heterocycles. The lowest BCUT2D eigenvalue weighted by Crippen LogP contribution is -2.48. The molecule has 8 heteroatoms. The number of likely N-dealkylation sites (tertiary alicyclic amines) is 1. The lowest BCUT2D eigenvalue weighted by molar-refractivity contribution is -0.140. The van der Waals surface area contributed by atoms with Gasteiger partial charge >= 0.3 is 6.03 Å². The fourth-order valence-electron chi connectivity index (χ4n) is 4.09. The third-order valence-electron chi connectivity index (χ3n) is 5.81. The summed E-state index contributed by atoms with van der Waals surface area (Å²) in [7, 11) is 0. The van der Waals surface area contributed by atoms with Gasteiger partial charge in [0.25, 0.3) is 5.91 Å². The third-order valence-corrected chi connectivity index (χ3v) is 5.81. The van der Waals surface area contributed by atoms with E-state index in [1.807, 2.05) is 6.92 Å². The van der Waals surface area contributed by atoms with E-state index in [0.29, 0.717) is 36.8 Å². The van der Waals surface area contributed by atoms with E-state index in [2.05, 4.69) is 5.32 Å². The van der Waals surface area contributed by atoms with Crippen LogP contribution < -0.4 is 14.8 Å². The summed E-state index contributed by atoms with van der Waals surface area (Å²) in [4.78, 5) is 41.1. The van der Waals surface area contributed by atoms with Gasteiger partial charge in [-0.15, -0.1) is 0 Å². The SMILES string of the molecule is C[C@H]1CCCCN1C(=O)CN1C(=O)N[C@@](C)(c2ccc3c(c2)OCCO3)C1=O. The van der Waals surface area contributed by atoms with Crippen LogP contribution in [0.3, 0.4) is 0 Å². The molecule has 1 aromatic carbocycles. The largest absolute Gasteiger partial charge is 0.486 e. The molecule has 8 nitrogen and oxygen atoms in total. The number of nitrogens with one attached hydrogen (secondary N) is 1. The van der Waals surface area contributed by atoms with Gasteiger partial charge in [0.05, 0.1) is 0 Å². The van der Waals surface area contributed by atoms with Crippen LogP contribution in [0.1, 0.15) is 38.7 Å². The Bertz CT molecular complexity index is 826. The van der Waals surface area contributed by atoms with Crippen molar-refractivity contribution in [2.45, 2.75) is 44.7 Å². The molecule has 1 aromatic rings. The Morgan fingerprint density at radius 1 is 1.21 bits per heavy atom. The molecule has 0 unspecified atom stereocenters. The summed E-state index contributed by atoms with van der Waals surface area (Å²) in [5, 5.41) is 2.74. The van der Waals surface area contributed by atoms with Crippen LogP contribution in [0.5, 0.6) is 11.5 Å². The number of ether oxygens (including phenoxy) is 2. The minimum absolute atomic E-state index is 0.131. The Balaban J connectivity index is 1.54. The standard InChI is InChI=1S/C20H25N3O5/c1-13-5-3-4-8-22(13)17(24)12-23-18(25)20(2,21-19(23)26)14-6-7-15-16(11-14)28-10-9-27-15/h6-7,11,13H,3-5,8-10,12H2,1-2H3,(H,21,26)/t13-,20-/m0/s1. The van der Waals surface area contributed by atoms with E-state index < -0.39 is 17.5 Å². The molecule has 3 heterocycles. The van der Waals surface area contributed by atoms with E-state index in [-0.39, 0.29) is 18.5 Å². The van der Waals surface area contributed by atoms with Crippen molar-refractivity contribution >= 4 is 17.8 Å². The molecule has 3 aliphatic rings. The van der Waals surface area contributed by atoms with Gasteiger partial charge in [0.2, 0.25) is 5.91 Å². The maximum Gasteiger partial charge on any atom is 0.325 e. The van der Waals surface area contributed by atoms with Crippen LogP contribution in [0.15, 0.2) is 18.2 Å². The summed E-state index contributed by atoms with van der Waals surface area (Å²) in [5.41, 5.74) is -0.655. The Hall–Kier alpha value is -2.77. The van der Waals surface area contributed by atoms with Crippen LogP contribution in [-0.2, 0) is 15.1 Å². The number of hydrogen-bond acceptors (Lipinski definition) is 5. The van der Waals surface area contributed by atoms with Gasteiger partial charge in [-0.2, -0.15) is 0 Å². The van der Waals surface area contributed by atoms with Crippen LogP contribution in [0.4, 0.5) is 4.79 Å². The maximum atomic E-state index is 13.1. The van der Waals surface area contributed by atoms with E-state index in [0.717, 1.165) is 24.2 Å². The van der Waals surface area contributed by atoms with Gasteiger partial charge in [-0.05, 0) is 50.8 Å². The second kappa shape index (κ2) is 7.00. The topological polar surface area (TPSA) is 88.2 Å². The molecule has 2 fully saturated rings. The Morgan fingerprint density at radius 2 is 1.96 bits per heavy atom. The highest BCUT2D eigenvalue weighted by atomic mass is 16.6. The highest BCUT2D eigenvalue weighted by Crippen LogP contribution is 2.36. The predicted molar refractivity (Wildman–Crippen MR) is 100 cm³/mol. The highest BCUT2D eigenvalue weighted by molar-refractivity contribution is 6.09. The van der Waals surface area contributed by atoms with Crippen molar-refractivity contribution in [3.63, 3.8) is 0 Å². The Morgan fingerprint density at radius 3 is 2.71 bits per heavy atom. The average molecular weight is 387 g/mol. The molecular formula is C20H25N3O5. The first-order chi connectivity index (χ1) is 13.4. The first-order valence-electron chi connectivity index (χ1n) is 9.74. The van der Waals surface area contributed by atoms with Gasteiger partial charge in [0, 0.05) is 12.6 Å². The normalized spacial score (nSPS) is 27.0. The molecule has 0 saturated carbocycles. The van der Waals surface area contributed by atoms with E-state index in [1.165, 1.54) is 0 Å². The van der Waals surface area contributed by atoms with Crippen LogP contribution in [0.2, 0.25) is 0 Å². The van der Waals surface area contributed by atoms with Crippen molar-refractivity contribution in [1.82, 2.24) is 15.1 Å². The number of carbonyl (C=O) groups excluding carboxylic acids is 3. The van der Waals surface area contributed by atoms with Crippen LogP contribution in [0.25, 0.3) is 0 Å². The molecule has 0 radical (unpaired) electrons. The number of fused-ring (bicyclic) bond motifs is 1. The molecule has 0 aromatic heterocycles. The predicted octanol–water partition coefficient (Wildman–Crippen LogP) is 1.63. The highest BCUT2D eigenvalue weighted by Gasteiger charge is 2.50. The van der Waals surface area contributed by atoms with E-state index >= 15 is 0 Å². The second-order valence-corrected chi connectivity index (χ2v) is 7.74. The molecule has 0 bridgehead atoms. The summed E-state index contributed by atoms with van der Waals surface area (Å²) in [6.45, 7) is 4.99. The van der Waals surface area contributed by atoms with Gasteiger partial charge in [-0.1, -0.05) is 6.07 Å². The zero-order valence-corrected chi connectivity index (χ0v) is 16.2. The second-order valence-electron chi connectivity index (χ2n) is 7.74. The minimum Gasteiger partial charge on any atom is -0.486 e. The number of imide groups is 1. The molecule has 3 aliphatic heterocycles. The molecule has 4 rings (SSSR count). The summed E-state index contributed by atoms with van der Waals surface area (Å²) in [5.74, 6) is 0.527. The fraction of sp³-hybridized carbons (Fsp3) is 0.550. The van der Waals surface area contributed by atoms with Crippen molar-refractivity contribution in [2.75, 3.05) is 26.3 Å². The van der Waals surface area contributed by atoms with Crippen molar-refractivity contribution in [3.8, 4) is 11.5 Å². The van der Waals surface area contributed by atoms with Gasteiger partial charge in [0.1, 0.15) is 25.3 Å². The van der Waals surface area contributed by atoms with Gasteiger partial charge in [0.15, 0.2) is 11.5 Å². The number of urea groups is 1. The van der Waals surface area contributed by atoms with Gasteiger partial charge < -0.3 is 19.7 Å². The number of nitrogens with zero attached hydrogens (tertiary/aromatic N) is 2. The van der Waals surface area contributed by atoms with E-state index in [1.54, 1.807) is 30.0 Å². The molecular weight excluding hydrogens is 362 g/mol. The van der Waals surface area contributed by atoms with Crippen molar-refractivity contribution in [3.05, 3.63) is 23.8 Å². The fourth-order valence-corrected chi connectivity index (χ4v) is 4.09. The van der Waals surface area contributed by atoms with Crippen molar-refractivity contribution in [2.24, 2.45) is 0 Å². The molecule has 0 aliphatic carbocycles. The lowest BCUT2D eigenvalue weighted by atomic mass is 9.91. The van der Waals surface area contributed by atoms with Crippen LogP contribution in [0, 0.1) is 0 Å². The van der Waals surface area contributed by atoms with Crippen molar-refractivity contribution in [1.29, 1.82) is 0 Å². The first-order valence-corrected chi connectivity index (χ1v) is 9.74. The third kappa shape index (κ3) is 3.06. The number of rotatable bonds is 3. The number of carbonyl (C=O) groups is 3. The Kier molecular flexibility index (Phi) is 4.64. The van der Waals surface area contributed by atoms with Crippen molar-refractivity contribution < 1.29 is 23.9 Å². The monoisotopic (exact) mass is 387 g/mol. The average Bonchev–Trinajstić information content (AvgIpc) is 2.92. The zero-order chi connectivity index (χ0) is 19.9. The zero-order valence-electron chi connectivity index (χ0n) is 16.2. The number of amides is 4. The summed E-state index contributed by atoms with van der Waals surface area (Å²) < 4.78 is 11.1. The van der Waals surface area contributed by atoms with Gasteiger partial charge in [-0.25, -0.2) is 4.79 Å². The summed E-state index contributed by atoms with van der Waals surface area (Å²) in [6.07, 6.45) is 2.99. The smallest absolute Gasteiger partial charge is 0.325 e. The lowest BCUT2D eigenvalue weighted by Gasteiger charge is -2.34. The van der Waals surface area contributed by atoms with E-state index in [9.17, 15) is 14.4 Å². The number of piperidine rings is 1.